The van der Waals surface area contributed by atoms with Crippen LogP contribution in [0.25, 0.3) is 0 Å². The average molecular weight is 324 g/mol. The molecule has 1 aliphatic carbocycles. The van der Waals surface area contributed by atoms with Gasteiger partial charge in [0.05, 0.1) is 11.9 Å². The van der Waals surface area contributed by atoms with Crippen molar-refractivity contribution in [2.24, 2.45) is 0 Å². The van der Waals surface area contributed by atoms with E-state index in [1.807, 2.05) is 49.5 Å². The van der Waals surface area contributed by atoms with Crippen molar-refractivity contribution in [2.75, 3.05) is 17.3 Å². The molecule has 2 N–H and O–H groups in total. The van der Waals surface area contributed by atoms with E-state index in [0.29, 0.717) is 11.9 Å². The monoisotopic (exact) mass is 324 g/mol. The molecule has 0 atom stereocenters. The number of nitrogens with zero attached hydrogens (tertiary/aromatic N) is 2. The molecule has 1 saturated carbocycles. The van der Waals surface area contributed by atoms with Gasteiger partial charge in [0.15, 0.2) is 0 Å². The van der Waals surface area contributed by atoms with Crippen LogP contribution in [0.2, 0.25) is 0 Å². The van der Waals surface area contributed by atoms with Crippen LogP contribution in [0.1, 0.15) is 32.1 Å². The Labute approximate surface area is 143 Å². The van der Waals surface area contributed by atoms with Gasteiger partial charge in [-0.1, -0.05) is 37.5 Å². The smallest absolute Gasteiger partial charge is 0.320 e. The number of nitrogens with one attached hydrogen (secondary N) is 2. The molecule has 0 spiro atoms. The van der Waals surface area contributed by atoms with E-state index in [-0.39, 0.29) is 6.03 Å². The maximum absolute atomic E-state index is 12.0. The zero-order valence-electron chi connectivity index (χ0n) is 14.0. The molecule has 5 nitrogen and oxygen atoms in total. The lowest BCUT2D eigenvalue weighted by atomic mass is 9.96. The van der Waals surface area contributed by atoms with Crippen molar-refractivity contribution in [3.8, 4) is 0 Å². The van der Waals surface area contributed by atoms with E-state index in [0.717, 1.165) is 24.2 Å². The largest absolute Gasteiger partial charge is 0.343 e. The van der Waals surface area contributed by atoms with Gasteiger partial charge in [0, 0.05) is 18.8 Å². The number of urea groups is 1. The van der Waals surface area contributed by atoms with E-state index < -0.39 is 0 Å². The van der Waals surface area contributed by atoms with Crippen molar-refractivity contribution in [2.45, 2.75) is 38.1 Å². The van der Waals surface area contributed by atoms with Crippen LogP contribution < -0.4 is 15.5 Å². The molecule has 3 rings (SSSR count). The lowest BCUT2D eigenvalue weighted by Crippen LogP contribution is -2.39. The van der Waals surface area contributed by atoms with E-state index in [2.05, 4.69) is 20.5 Å². The zero-order valence-corrected chi connectivity index (χ0v) is 14.0. The number of benzene rings is 1. The number of aromatic nitrogens is 1. The summed E-state index contributed by atoms with van der Waals surface area (Å²) in [5, 5.41) is 5.85. The van der Waals surface area contributed by atoms with Crippen molar-refractivity contribution in [3.05, 3.63) is 48.7 Å². The topological polar surface area (TPSA) is 57.3 Å². The van der Waals surface area contributed by atoms with Gasteiger partial charge in [-0.15, -0.1) is 0 Å². The van der Waals surface area contributed by atoms with E-state index in [9.17, 15) is 4.79 Å². The van der Waals surface area contributed by atoms with Crippen LogP contribution in [0.15, 0.2) is 48.7 Å². The Kier molecular flexibility index (Phi) is 5.31. The molecule has 0 bridgehead atoms. The SMILES string of the molecule is CN(c1ccccc1)c1ccc(NC(=O)NC2CCCCC2)nc1. The second kappa shape index (κ2) is 7.81. The molecule has 1 aromatic heterocycles. The molecule has 0 unspecified atom stereocenters. The number of carbonyl (C=O) groups excluding carboxylic acids is 1. The first-order valence-electron chi connectivity index (χ1n) is 8.55. The van der Waals surface area contributed by atoms with Gasteiger partial charge in [0.25, 0.3) is 0 Å². The van der Waals surface area contributed by atoms with Gasteiger partial charge in [-0.25, -0.2) is 9.78 Å². The molecular formula is C19H24N4O. The first-order valence-corrected chi connectivity index (χ1v) is 8.55. The number of para-hydroxylation sites is 1. The Morgan fingerprint density at radius 3 is 2.46 bits per heavy atom. The number of pyridine rings is 1. The van der Waals surface area contributed by atoms with Crippen molar-refractivity contribution in [1.29, 1.82) is 0 Å². The Hall–Kier alpha value is -2.56. The highest BCUT2D eigenvalue weighted by atomic mass is 16.2. The molecule has 126 valence electrons. The van der Waals surface area contributed by atoms with Crippen LogP contribution in [0.5, 0.6) is 0 Å². The summed E-state index contributed by atoms with van der Waals surface area (Å²) in [5.41, 5.74) is 2.06. The molecule has 2 amide bonds. The Bertz CT molecular complexity index is 651. The molecule has 1 aliphatic rings. The fourth-order valence-corrected chi connectivity index (χ4v) is 3.04. The van der Waals surface area contributed by atoms with Gasteiger partial charge in [-0.05, 0) is 37.1 Å². The standard InChI is InChI=1S/C19H24N4O/c1-23(16-10-6-3-7-11-16)17-12-13-18(20-14-17)22-19(24)21-15-8-4-2-5-9-15/h3,6-7,10-15H,2,4-5,8-9H2,1H3,(H2,20,21,22,24). The summed E-state index contributed by atoms with van der Waals surface area (Å²) in [4.78, 5) is 18.4. The predicted octanol–water partition coefficient (Wildman–Crippen LogP) is 4.30. The second-order valence-electron chi connectivity index (χ2n) is 6.23. The number of anilines is 3. The highest BCUT2D eigenvalue weighted by molar-refractivity contribution is 5.88. The molecule has 1 heterocycles. The number of amides is 2. The van der Waals surface area contributed by atoms with Crippen molar-refractivity contribution in [3.63, 3.8) is 0 Å². The summed E-state index contributed by atoms with van der Waals surface area (Å²) in [5.74, 6) is 0.563. The van der Waals surface area contributed by atoms with Gasteiger partial charge >= 0.3 is 6.03 Å². The quantitative estimate of drug-likeness (QED) is 0.881. The molecule has 0 radical (unpaired) electrons. The third kappa shape index (κ3) is 4.25. The lowest BCUT2D eigenvalue weighted by molar-refractivity contribution is 0.244. The highest BCUT2D eigenvalue weighted by Gasteiger charge is 2.15. The molecule has 0 aliphatic heterocycles. The average Bonchev–Trinajstić information content (AvgIpc) is 2.63. The number of hydrogen-bond acceptors (Lipinski definition) is 3. The van der Waals surface area contributed by atoms with E-state index >= 15 is 0 Å². The minimum Gasteiger partial charge on any atom is -0.343 e. The summed E-state index contributed by atoms with van der Waals surface area (Å²) in [7, 11) is 2.00. The van der Waals surface area contributed by atoms with Crippen LogP contribution in [-0.4, -0.2) is 24.1 Å². The lowest BCUT2D eigenvalue weighted by Gasteiger charge is -2.23. The second-order valence-corrected chi connectivity index (χ2v) is 6.23. The minimum absolute atomic E-state index is 0.168. The molecule has 1 fully saturated rings. The van der Waals surface area contributed by atoms with Crippen LogP contribution in [0.4, 0.5) is 22.0 Å². The van der Waals surface area contributed by atoms with Gasteiger partial charge in [0.1, 0.15) is 5.82 Å². The van der Waals surface area contributed by atoms with Crippen LogP contribution >= 0.6 is 0 Å². The van der Waals surface area contributed by atoms with Crippen molar-refractivity contribution < 1.29 is 4.79 Å². The summed E-state index contributed by atoms with van der Waals surface area (Å²) in [6, 6.07) is 14.0. The maximum Gasteiger partial charge on any atom is 0.320 e. The first kappa shape index (κ1) is 16.3. The van der Waals surface area contributed by atoms with Gasteiger partial charge in [-0.3, -0.25) is 5.32 Å². The minimum atomic E-state index is -0.168. The van der Waals surface area contributed by atoms with E-state index in [1.165, 1.54) is 19.3 Å². The van der Waals surface area contributed by atoms with Crippen LogP contribution in [0.3, 0.4) is 0 Å². The van der Waals surface area contributed by atoms with Crippen LogP contribution in [0, 0.1) is 0 Å². The summed E-state index contributed by atoms with van der Waals surface area (Å²) < 4.78 is 0. The molecule has 2 aromatic rings. The van der Waals surface area contributed by atoms with E-state index in [1.54, 1.807) is 6.20 Å². The maximum atomic E-state index is 12.0. The summed E-state index contributed by atoms with van der Waals surface area (Å²) in [6.45, 7) is 0. The number of carbonyl (C=O) groups is 1. The molecule has 5 heteroatoms. The molecular weight excluding hydrogens is 300 g/mol. The third-order valence-corrected chi connectivity index (χ3v) is 4.46. The normalized spacial score (nSPS) is 14.9. The summed E-state index contributed by atoms with van der Waals surface area (Å²) >= 11 is 0. The van der Waals surface area contributed by atoms with Gasteiger partial charge < -0.3 is 10.2 Å². The highest BCUT2D eigenvalue weighted by Crippen LogP contribution is 2.23. The molecule has 0 saturated heterocycles. The first-order chi connectivity index (χ1) is 11.7. The number of hydrogen-bond donors (Lipinski definition) is 2. The van der Waals surface area contributed by atoms with E-state index in [4.69, 9.17) is 0 Å². The fraction of sp³-hybridized carbons (Fsp3) is 0.368. The van der Waals surface area contributed by atoms with Crippen molar-refractivity contribution in [1.82, 2.24) is 10.3 Å². The Balaban J connectivity index is 1.57. The zero-order chi connectivity index (χ0) is 16.8. The van der Waals surface area contributed by atoms with Gasteiger partial charge in [0.2, 0.25) is 0 Å². The Morgan fingerprint density at radius 1 is 1.04 bits per heavy atom. The molecule has 24 heavy (non-hydrogen) atoms. The van der Waals surface area contributed by atoms with Crippen molar-refractivity contribution >= 4 is 23.2 Å². The summed E-state index contributed by atoms with van der Waals surface area (Å²) in [6.07, 6.45) is 7.58. The number of rotatable bonds is 4. The Morgan fingerprint density at radius 2 is 1.79 bits per heavy atom. The van der Waals surface area contributed by atoms with Gasteiger partial charge in [-0.2, -0.15) is 0 Å². The predicted molar refractivity (Wildman–Crippen MR) is 97.8 cm³/mol. The van der Waals surface area contributed by atoms with Crippen LogP contribution in [-0.2, 0) is 0 Å². The molecule has 1 aromatic carbocycles. The third-order valence-electron chi connectivity index (χ3n) is 4.46. The fourth-order valence-electron chi connectivity index (χ4n) is 3.04.